The molecule has 19 heavy (non-hydrogen) atoms. The van der Waals surface area contributed by atoms with Crippen molar-refractivity contribution in [3.8, 4) is 0 Å². The van der Waals surface area contributed by atoms with Gasteiger partial charge in [-0.15, -0.1) is 11.3 Å². The first-order valence-electron chi connectivity index (χ1n) is 7.45. The fraction of sp³-hybridized carbons (Fsp3) is 0.800. The topological polar surface area (TPSA) is 28.2 Å². The number of nitrogens with zero attached hydrogens (tertiary/aromatic N) is 2. The van der Waals surface area contributed by atoms with Gasteiger partial charge in [0.25, 0.3) is 0 Å². The Morgan fingerprint density at radius 3 is 2.63 bits per heavy atom. The van der Waals surface area contributed by atoms with Crippen molar-refractivity contribution >= 4 is 16.5 Å². The van der Waals surface area contributed by atoms with Crippen molar-refractivity contribution in [1.82, 2.24) is 10.3 Å². The molecule has 1 fully saturated rings. The minimum absolute atomic E-state index is 0.554. The number of hydrogen-bond acceptors (Lipinski definition) is 4. The Morgan fingerprint density at radius 2 is 2.11 bits per heavy atom. The molecule has 0 aromatic carbocycles. The van der Waals surface area contributed by atoms with E-state index in [1.807, 2.05) is 18.4 Å². The maximum absolute atomic E-state index is 4.94. The van der Waals surface area contributed by atoms with Crippen LogP contribution in [0, 0.1) is 5.92 Å². The van der Waals surface area contributed by atoms with Crippen LogP contribution < -0.4 is 10.2 Å². The SMILES string of the molecule is CCC(C)c1nc(N(C)C(C)C2CC2)sc1CNC. The summed E-state index contributed by atoms with van der Waals surface area (Å²) in [7, 11) is 4.21. The quantitative estimate of drug-likeness (QED) is 0.827. The van der Waals surface area contributed by atoms with E-state index in [1.54, 1.807) is 0 Å². The van der Waals surface area contributed by atoms with Crippen LogP contribution in [0.3, 0.4) is 0 Å². The fourth-order valence-electron chi connectivity index (χ4n) is 2.44. The summed E-state index contributed by atoms with van der Waals surface area (Å²) in [5.74, 6) is 1.44. The lowest BCUT2D eigenvalue weighted by atomic mass is 10.0. The summed E-state index contributed by atoms with van der Waals surface area (Å²) in [6.07, 6.45) is 3.93. The Kier molecular flexibility index (Phi) is 4.85. The van der Waals surface area contributed by atoms with Crippen LogP contribution in [0.25, 0.3) is 0 Å². The van der Waals surface area contributed by atoms with Gasteiger partial charge in [0.05, 0.1) is 5.69 Å². The van der Waals surface area contributed by atoms with E-state index in [0.29, 0.717) is 12.0 Å². The maximum Gasteiger partial charge on any atom is 0.185 e. The summed E-state index contributed by atoms with van der Waals surface area (Å²) in [4.78, 5) is 8.72. The Hall–Kier alpha value is -0.610. The molecule has 1 aromatic heterocycles. The molecule has 3 nitrogen and oxygen atoms in total. The molecule has 1 N–H and O–H groups in total. The lowest BCUT2D eigenvalue weighted by Crippen LogP contribution is -2.30. The van der Waals surface area contributed by atoms with E-state index in [9.17, 15) is 0 Å². The van der Waals surface area contributed by atoms with E-state index in [4.69, 9.17) is 4.98 Å². The zero-order chi connectivity index (χ0) is 14.0. The van der Waals surface area contributed by atoms with E-state index in [1.165, 1.54) is 28.5 Å². The molecule has 0 spiro atoms. The van der Waals surface area contributed by atoms with E-state index in [-0.39, 0.29) is 0 Å². The summed E-state index contributed by atoms with van der Waals surface area (Å²) < 4.78 is 0. The van der Waals surface area contributed by atoms with Gasteiger partial charge < -0.3 is 10.2 Å². The summed E-state index contributed by atoms with van der Waals surface area (Å²) >= 11 is 1.86. The molecule has 1 saturated carbocycles. The fourth-order valence-corrected chi connectivity index (χ4v) is 3.68. The van der Waals surface area contributed by atoms with E-state index >= 15 is 0 Å². The van der Waals surface area contributed by atoms with Crippen molar-refractivity contribution in [2.24, 2.45) is 5.92 Å². The molecule has 0 amide bonds. The van der Waals surface area contributed by atoms with Crippen LogP contribution in [-0.2, 0) is 6.54 Å². The smallest absolute Gasteiger partial charge is 0.185 e. The second-order valence-corrected chi connectivity index (χ2v) is 6.90. The summed E-state index contributed by atoms with van der Waals surface area (Å²) in [6.45, 7) is 7.79. The Balaban J connectivity index is 2.20. The number of anilines is 1. The molecule has 0 saturated heterocycles. The van der Waals surface area contributed by atoms with Gasteiger partial charge >= 0.3 is 0 Å². The minimum Gasteiger partial charge on any atom is -0.348 e. The molecular weight excluding hydrogens is 254 g/mol. The lowest BCUT2D eigenvalue weighted by molar-refractivity contribution is 0.605. The first-order chi connectivity index (χ1) is 9.08. The monoisotopic (exact) mass is 281 g/mol. The normalized spacial score (nSPS) is 18.4. The predicted molar refractivity (Wildman–Crippen MR) is 84.2 cm³/mol. The highest BCUT2D eigenvalue weighted by Crippen LogP contribution is 2.38. The third-order valence-corrected chi connectivity index (χ3v) is 5.51. The Morgan fingerprint density at radius 1 is 1.42 bits per heavy atom. The molecule has 4 heteroatoms. The highest BCUT2D eigenvalue weighted by atomic mass is 32.1. The van der Waals surface area contributed by atoms with Crippen molar-refractivity contribution in [2.45, 2.75) is 58.5 Å². The molecule has 108 valence electrons. The van der Waals surface area contributed by atoms with Gasteiger partial charge in [-0.1, -0.05) is 13.8 Å². The van der Waals surface area contributed by atoms with Crippen molar-refractivity contribution in [3.05, 3.63) is 10.6 Å². The highest BCUT2D eigenvalue weighted by molar-refractivity contribution is 7.15. The Bertz CT molecular complexity index is 412. The van der Waals surface area contributed by atoms with Crippen molar-refractivity contribution in [2.75, 3.05) is 19.0 Å². The van der Waals surface area contributed by atoms with Gasteiger partial charge in [0.1, 0.15) is 0 Å². The second kappa shape index (κ2) is 6.23. The van der Waals surface area contributed by atoms with Gasteiger partial charge in [0.2, 0.25) is 0 Å². The molecule has 1 heterocycles. The van der Waals surface area contributed by atoms with Gasteiger partial charge in [0.15, 0.2) is 5.13 Å². The van der Waals surface area contributed by atoms with Crippen LogP contribution in [0.1, 0.15) is 56.5 Å². The van der Waals surface area contributed by atoms with E-state index in [2.05, 4.69) is 38.0 Å². The van der Waals surface area contributed by atoms with Crippen LogP contribution in [0.15, 0.2) is 0 Å². The first-order valence-corrected chi connectivity index (χ1v) is 8.27. The van der Waals surface area contributed by atoms with Crippen molar-refractivity contribution < 1.29 is 0 Å². The van der Waals surface area contributed by atoms with Crippen molar-refractivity contribution in [1.29, 1.82) is 0 Å². The third-order valence-electron chi connectivity index (χ3n) is 4.35. The van der Waals surface area contributed by atoms with Gasteiger partial charge in [-0.25, -0.2) is 4.98 Å². The van der Waals surface area contributed by atoms with Gasteiger partial charge in [0, 0.05) is 24.5 Å². The van der Waals surface area contributed by atoms with Gasteiger partial charge in [-0.2, -0.15) is 0 Å². The molecule has 2 atom stereocenters. The van der Waals surface area contributed by atoms with Crippen LogP contribution >= 0.6 is 11.3 Å². The first kappa shape index (κ1) is 14.8. The molecule has 0 aliphatic heterocycles. The predicted octanol–water partition coefficient (Wildman–Crippen LogP) is 3.61. The third kappa shape index (κ3) is 3.29. The van der Waals surface area contributed by atoms with Gasteiger partial charge in [-0.3, -0.25) is 0 Å². The molecule has 2 unspecified atom stereocenters. The summed E-state index contributed by atoms with van der Waals surface area (Å²) in [5, 5.41) is 4.47. The zero-order valence-corrected chi connectivity index (χ0v) is 13.7. The van der Waals surface area contributed by atoms with Crippen LogP contribution in [-0.4, -0.2) is 25.1 Å². The number of rotatable bonds is 7. The van der Waals surface area contributed by atoms with Crippen LogP contribution in [0.4, 0.5) is 5.13 Å². The zero-order valence-electron chi connectivity index (χ0n) is 12.9. The molecular formula is C15H27N3S. The number of nitrogens with one attached hydrogen (secondary N) is 1. The average Bonchev–Trinajstić information content (AvgIpc) is 3.18. The van der Waals surface area contributed by atoms with E-state index in [0.717, 1.165) is 18.9 Å². The largest absolute Gasteiger partial charge is 0.348 e. The number of hydrogen-bond donors (Lipinski definition) is 1. The molecule has 1 aliphatic rings. The molecule has 2 rings (SSSR count). The molecule has 1 aromatic rings. The molecule has 0 bridgehead atoms. The summed E-state index contributed by atoms with van der Waals surface area (Å²) in [5.41, 5.74) is 1.30. The minimum atomic E-state index is 0.554. The molecule has 0 radical (unpaired) electrons. The number of thiazole rings is 1. The van der Waals surface area contributed by atoms with Crippen LogP contribution in [0.2, 0.25) is 0 Å². The lowest BCUT2D eigenvalue weighted by Gasteiger charge is -2.24. The number of aromatic nitrogens is 1. The standard InChI is InChI=1S/C15H27N3S/c1-6-10(2)14-13(9-16-4)19-15(17-14)18(5)11(3)12-7-8-12/h10-12,16H,6-9H2,1-5H3. The highest BCUT2D eigenvalue weighted by Gasteiger charge is 2.32. The van der Waals surface area contributed by atoms with E-state index < -0.39 is 0 Å². The maximum atomic E-state index is 4.94. The second-order valence-electron chi connectivity index (χ2n) is 5.83. The Labute approximate surface area is 121 Å². The average molecular weight is 281 g/mol. The molecule has 1 aliphatic carbocycles. The van der Waals surface area contributed by atoms with Crippen LogP contribution in [0.5, 0.6) is 0 Å². The van der Waals surface area contributed by atoms with Gasteiger partial charge in [-0.05, 0) is 45.1 Å². The summed E-state index contributed by atoms with van der Waals surface area (Å²) in [6, 6.07) is 0.623. The van der Waals surface area contributed by atoms with Crippen molar-refractivity contribution in [3.63, 3.8) is 0 Å².